The van der Waals surface area contributed by atoms with E-state index in [9.17, 15) is 20.1 Å². The maximum Gasteiger partial charge on any atom is 0.268 e. The molecule has 0 bridgehead atoms. The number of primary amides is 1. The number of benzene rings is 1. The van der Waals surface area contributed by atoms with E-state index in [0.29, 0.717) is 24.0 Å². The predicted octanol–water partition coefficient (Wildman–Crippen LogP) is 2.18. The van der Waals surface area contributed by atoms with Crippen LogP contribution in [0.4, 0.5) is 0 Å². The summed E-state index contributed by atoms with van der Waals surface area (Å²) >= 11 is 1.60. The highest BCUT2D eigenvalue weighted by Crippen LogP contribution is 2.34. The van der Waals surface area contributed by atoms with Crippen molar-refractivity contribution in [2.24, 2.45) is 5.73 Å². The fourth-order valence-electron chi connectivity index (χ4n) is 3.84. The fourth-order valence-corrected chi connectivity index (χ4v) is 4.98. The molecule has 10 nitrogen and oxygen atoms in total. The topological polar surface area (TPSA) is 155 Å². The smallest absolute Gasteiger partial charge is 0.268 e. The van der Waals surface area contributed by atoms with Gasteiger partial charge in [0, 0.05) is 30.0 Å². The molecular formula is C25H34N4O6S. The van der Waals surface area contributed by atoms with Crippen LogP contribution in [0.5, 0.6) is 5.75 Å². The van der Waals surface area contributed by atoms with Crippen LogP contribution in [-0.4, -0.2) is 74.8 Å². The molecule has 0 spiro atoms. The summed E-state index contributed by atoms with van der Waals surface area (Å²) in [7, 11) is 0. The van der Waals surface area contributed by atoms with Crippen LogP contribution in [0.3, 0.4) is 0 Å². The summed E-state index contributed by atoms with van der Waals surface area (Å²) in [6.45, 7) is 10.1. The highest BCUT2D eigenvalue weighted by atomic mass is 32.1. The predicted molar refractivity (Wildman–Crippen MR) is 137 cm³/mol. The molecule has 0 aliphatic rings. The van der Waals surface area contributed by atoms with Gasteiger partial charge in [-0.05, 0) is 62.2 Å². The van der Waals surface area contributed by atoms with E-state index in [-0.39, 0.29) is 19.6 Å². The SMILES string of the molecule is CCN(CCO)Cc1sc(-c2nc(-c3cc(C)c(OC[C@H](O)CC(O)C(N)=O)c(C)c3)no2)cc1C. The molecule has 36 heavy (non-hydrogen) atoms. The van der Waals surface area contributed by atoms with E-state index in [1.165, 1.54) is 4.88 Å². The highest BCUT2D eigenvalue weighted by Gasteiger charge is 2.20. The quantitative estimate of drug-likeness (QED) is 0.266. The first-order valence-corrected chi connectivity index (χ1v) is 12.6. The second kappa shape index (κ2) is 12.4. The second-order valence-corrected chi connectivity index (χ2v) is 9.93. The number of rotatable bonds is 13. The van der Waals surface area contributed by atoms with Crippen LogP contribution >= 0.6 is 11.3 Å². The zero-order valence-electron chi connectivity index (χ0n) is 21.0. The maximum atomic E-state index is 11.0. The number of ether oxygens (including phenoxy) is 1. The molecule has 1 unspecified atom stereocenters. The molecule has 1 amide bonds. The first-order valence-electron chi connectivity index (χ1n) is 11.8. The molecule has 0 aliphatic heterocycles. The van der Waals surface area contributed by atoms with Crippen molar-refractivity contribution >= 4 is 17.2 Å². The van der Waals surface area contributed by atoms with Crippen molar-refractivity contribution in [3.8, 4) is 27.9 Å². The third kappa shape index (κ3) is 6.89. The number of hydrogen-bond donors (Lipinski definition) is 4. The number of likely N-dealkylation sites (N-methyl/N-ethyl adjacent to an activating group) is 1. The van der Waals surface area contributed by atoms with Gasteiger partial charge in [0.25, 0.3) is 5.89 Å². The summed E-state index contributed by atoms with van der Waals surface area (Å²) in [5, 5.41) is 33.0. The van der Waals surface area contributed by atoms with E-state index in [2.05, 4.69) is 28.9 Å². The number of carbonyl (C=O) groups is 1. The van der Waals surface area contributed by atoms with Gasteiger partial charge in [-0.25, -0.2) is 0 Å². The van der Waals surface area contributed by atoms with E-state index in [0.717, 1.165) is 40.2 Å². The number of thiophene rings is 1. The lowest BCUT2D eigenvalue weighted by atomic mass is 10.1. The zero-order valence-corrected chi connectivity index (χ0v) is 21.8. The average molecular weight is 519 g/mol. The molecule has 196 valence electrons. The van der Waals surface area contributed by atoms with Gasteiger partial charge in [-0.2, -0.15) is 4.98 Å². The van der Waals surface area contributed by atoms with Gasteiger partial charge in [0.2, 0.25) is 11.7 Å². The Bertz CT molecular complexity index is 1150. The van der Waals surface area contributed by atoms with Crippen LogP contribution in [-0.2, 0) is 11.3 Å². The lowest BCUT2D eigenvalue weighted by Crippen LogP contribution is -2.33. The van der Waals surface area contributed by atoms with Gasteiger partial charge in [0.1, 0.15) is 18.5 Å². The van der Waals surface area contributed by atoms with E-state index < -0.39 is 18.1 Å². The van der Waals surface area contributed by atoms with Gasteiger partial charge in [-0.15, -0.1) is 11.3 Å². The number of aromatic nitrogens is 2. The molecule has 3 rings (SSSR count). The van der Waals surface area contributed by atoms with Crippen LogP contribution in [0.1, 0.15) is 34.9 Å². The molecule has 0 fully saturated rings. The second-order valence-electron chi connectivity index (χ2n) is 8.79. The third-order valence-corrected chi connectivity index (χ3v) is 7.06. The minimum atomic E-state index is -1.42. The fraction of sp³-hybridized carbons (Fsp3) is 0.480. The molecule has 2 aromatic heterocycles. The van der Waals surface area contributed by atoms with Crippen LogP contribution in [0.2, 0.25) is 0 Å². The Labute approximate surface area is 214 Å². The molecule has 0 saturated heterocycles. The molecule has 2 heterocycles. The standard InChI is InChI=1S/C25H34N4O6S/c1-5-29(6-7-30)12-21-14(2)10-20(36-21)25-27-24(28-35-25)17-8-15(3)22(16(4)9-17)34-13-18(31)11-19(32)23(26)33/h8-10,18-19,30-32H,5-7,11-13H2,1-4H3,(H2,26,33)/t18-,19?/m1/s1. The van der Waals surface area contributed by atoms with Gasteiger partial charge < -0.3 is 30.3 Å². The van der Waals surface area contributed by atoms with Crippen molar-refractivity contribution in [3.05, 3.63) is 39.8 Å². The molecule has 5 N–H and O–H groups in total. The third-order valence-electron chi connectivity index (χ3n) is 5.85. The Balaban J connectivity index is 1.73. The van der Waals surface area contributed by atoms with Crippen LogP contribution in [0, 0.1) is 20.8 Å². The number of nitrogens with zero attached hydrogens (tertiary/aromatic N) is 3. The van der Waals surface area contributed by atoms with Gasteiger partial charge in [-0.1, -0.05) is 12.1 Å². The first-order chi connectivity index (χ1) is 17.1. The summed E-state index contributed by atoms with van der Waals surface area (Å²) in [6.07, 6.45) is -2.66. The largest absolute Gasteiger partial charge is 0.490 e. The number of nitrogens with two attached hydrogens (primary N) is 1. The van der Waals surface area contributed by atoms with E-state index in [1.54, 1.807) is 11.3 Å². The molecular weight excluding hydrogens is 484 g/mol. The number of aliphatic hydroxyl groups is 3. The van der Waals surface area contributed by atoms with Crippen LogP contribution in [0.25, 0.3) is 22.2 Å². The molecule has 2 atom stereocenters. The Morgan fingerprint density at radius 1 is 1.19 bits per heavy atom. The van der Waals surface area contributed by atoms with Crippen molar-refractivity contribution in [3.63, 3.8) is 0 Å². The van der Waals surface area contributed by atoms with Crippen molar-refractivity contribution < 1.29 is 29.4 Å². The molecule has 0 radical (unpaired) electrons. The van der Waals surface area contributed by atoms with Crippen molar-refractivity contribution in [1.29, 1.82) is 0 Å². The Morgan fingerprint density at radius 3 is 2.50 bits per heavy atom. The molecule has 0 aliphatic carbocycles. The Hall–Kier alpha value is -2.83. The van der Waals surface area contributed by atoms with Crippen molar-refractivity contribution in [2.75, 3.05) is 26.3 Å². The molecule has 1 aromatic carbocycles. The van der Waals surface area contributed by atoms with Crippen LogP contribution in [0.15, 0.2) is 22.7 Å². The lowest BCUT2D eigenvalue weighted by molar-refractivity contribution is -0.127. The van der Waals surface area contributed by atoms with Gasteiger partial charge in [0.15, 0.2) is 0 Å². The minimum absolute atomic E-state index is 0.0917. The average Bonchev–Trinajstić information content (AvgIpc) is 3.45. The summed E-state index contributed by atoms with van der Waals surface area (Å²) in [6, 6.07) is 5.79. The molecule has 11 heteroatoms. The summed E-state index contributed by atoms with van der Waals surface area (Å²) in [5.74, 6) is 0.609. The normalized spacial score (nSPS) is 13.2. The maximum absolute atomic E-state index is 11.0. The number of hydrogen-bond acceptors (Lipinski definition) is 10. The first kappa shape index (κ1) is 27.8. The van der Waals surface area contributed by atoms with E-state index in [1.807, 2.05) is 32.0 Å². The van der Waals surface area contributed by atoms with E-state index in [4.69, 9.17) is 15.0 Å². The van der Waals surface area contributed by atoms with Crippen molar-refractivity contribution in [2.45, 2.75) is 52.9 Å². The highest BCUT2D eigenvalue weighted by molar-refractivity contribution is 7.15. The monoisotopic (exact) mass is 518 g/mol. The van der Waals surface area contributed by atoms with Gasteiger partial charge >= 0.3 is 0 Å². The minimum Gasteiger partial charge on any atom is -0.490 e. The number of carbonyl (C=O) groups excluding carboxylic acids is 1. The molecule has 0 saturated carbocycles. The summed E-state index contributed by atoms with van der Waals surface area (Å²) in [4.78, 5) is 19.8. The number of amides is 1. The number of aliphatic hydroxyl groups excluding tert-OH is 3. The Morgan fingerprint density at radius 2 is 1.89 bits per heavy atom. The summed E-state index contributed by atoms with van der Waals surface area (Å²) in [5.41, 5.74) is 8.57. The van der Waals surface area contributed by atoms with E-state index >= 15 is 0 Å². The number of aryl methyl sites for hydroxylation is 3. The Kier molecular flexibility index (Phi) is 9.57. The van der Waals surface area contributed by atoms with Crippen LogP contribution < -0.4 is 10.5 Å². The van der Waals surface area contributed by atoms with Gasteiger partial charge in [-0.3, -0.25) is 9.69 Å². The van der Waals surface area contributed by atoms with Crippen molar-refractivity contribution in [1.82, 2.24) is 15.0 Å². The zero-order chi connectivity index (χ0) is 26.4. The van der Waals surface area contributed by atoms with Gasteiger partial charge in [0.05, 0.1) is 17.6 Å². The lowest BCUT2D eigenvalue weighted by Gasteiger charge is -2.18. The summed E-state index contributed by atoms with van der Waals surface area (Å²) < 4.78 is 11.3. The molecule has 3 aromatic rings.